The number of hydrogen-bond acceptors (Lipinski definition) is 4. The molecule has 0 aliphatic heterocycles. The van der Waals surface area contributed by atoms with E-state index in [0.717, 1.165) is 12.1 Å². The lowest BCUT2D eigenvalue weighted by molar-refractivity contribution is -0.0328. The summed E-state index contributed by atoms with van der Waals surface area (Å²) in [5, 5.41) is 3.13. The highest BCUT2D eigenvalue weighted by molar-refractivity contribution is 8.00. The predicted molar refractivity (Wildman–Crippen MR) is 73.7 cm³/mol. The van der Waals surface area contributed by atoms with E-state index >= 15 is 0 Å². The maximum Gasteiger partial charge on any atom is 0.446 e. The first-order valence-electron chi connectivity index (χ1n) is 6.12. The molecule has 0 amide bonds. The van der Waals surface area contributed by atoms with Crippen LogP contribution in [0.15, 0.2) is 17.0 Å². The lowest BCUT2D eigenvalue weighted by Gasteiger charge is -2.15. The summed E-state index contributed by atoms with van der Waals surface area (Å²) in [5.41, 5.74) is -3.59. The van der Waals surface area contributed by atoms with E-state index in [9.17, 15) is 13.2 Å². The van der Waals surface area contributed by atoms with Gasteiger partial charge in [-0.1, -0.05) is 6.92 Å². The van der Waals surface area contributed by atoms with E-state index < -0.39 is 5.51 Å². The number of halogens is 3. The van der Waals surface area contributed by atoms with Crippen molar-refractivity contribution in [1.82, 2.24) is 5.32 Å². The average Bonchev–Trinajstić information content (AvgIpc) is 2.36. The molecular weight excluding hydrogens is 291 g/mol. The Hall–Kier alpha value is -1.08. The third-order valence-corrected chi connectivity index (χ3v) is 3.33. The molecule has 0 unspecified atom stereocenters. The molecular formula is C13H18F3NO2S. The summed E-state index contributed by atoms with van der Waals surface area (Å²) in [6, 6.07) is 3.20. The van der Waals surface area contributed by atoms with E-state index in [1.807, 2.05) is 6.92 Å². The van der Waals surface area contributed by atoms with Crippen molar-refractivity contribution in [3.05, 3.63) is 17.7 Å². The number of likely N-dealkylation sites (N-methyl/N-ethyl adjacent to an activating group) is 1. The van der Waals surface area contributed by atoms with Crippen molar-refractivity contribution in [2.24, 2.45) is 0 Å². The summed E-state index contributed by atoms with van der Waals surface area (Å²) in [5.74, 6) is 0.426. The molecule has 20 heavy (non-hydrogen) atoms. The zero-order chi connectivity index (χ0) is 15.2. The van der Waals surface area contributed by atoms with E-state index in [-0.39, 0.29) is 22.4 Å². The van der Waals surface area contributed by atoms with Crippen LogP contribution in [-0.2, 0) is 6.42 Å². The molecule has 0 fully saturated rings. The number of benzene rings is 1. The first-order chi connectivity index (χ1) is 9.41. The van der Waals surface area contributed by atoms with Crippen LogP contribution < -0.4 is 14.8 Å². The molecule has 0 saturated heterocycles. The molecule has 7 heteroatoms. The van der Waals surface area contributed by atoms with Crippen molar-refractivity contribution in [2.45, 2.75) is 23.7 Å². The molecule has 1 aromatic rings. The second-order valence-corrected chi connectivity index (χ2v) is 5.09. The van der Waals surface area contributed by atoms with Gasteiger partial charge in [0.15, 0.2) is 11.5 Å². The third kappa shape index (κ3) is 5.13. The molecule has 1 N–H and O–H groups in total. The third-order valence-electron chi connectivity index (χ3n) is 2.57. The highest BCUT2D eigenvalue weighted by Crippen LogP contribution is 2.45. The molecule has 0 aliphatic carbocycles. The van der Waals surface area contributed by atoms with Crippen molar-refractivity contribution in [2.75, 3.05) is 27.3 Å². The molecule has 114 valence electrons. The van der Waals surface area contributed by atoms with Gasteiger partial charge in [-0.3, -0.25) is 0 Å². The summed E-state index contributed by atoms with van der Waals surface area (Å²) in [4.78, 5) is 0.0193. The van der Waals surface area contributed by atoms with Crippen molar-refractivity contribution >= 4 is 11.8 Å². The minimum Gasteiger partial charge on any atom is -0.493 e. The fourth-order valence-corrected chi connectivity index (χ4v) is 2.47. The fourth-order valence-electron chi connectivity index (χ4n) is 1.74. The zero-order valence-corrected chi connectivity index (χ0v) is 12.5. The summed E-state index contributed by atoms with van der Waals surface area (Å²) in [6.07, 6.45) is 0.625. The molecule has 3 nitrogen and oxygen atoms in total. The van der Waals surface area contributed by atoms with Gasteiger partial charge in [-0.25, -0.2) is 0 Å². The normalized spacial score (nSPS) is 11.5. The summed E-state index contributed by atoms with van der Waals surface area (Å²) >= 11 is -0.191. The molecule has 0 aromatic heterocycles. The minimum atomic E-state index is -4.36. The van der Waals surface area contributed by atoms with E-state index in [4.69, 9.17) is 9.47 Å². The summed E-state index contributed by atoms with van der Waals surface area (Å²) in [6.45, 7) is 3.49. The van der Waals surface area contributed by atoms with E-state index in [1.165, 1.54) is 20.3 Å². The number of alkyl halides is 3. The smallest absolute Gasteiger partial charge is 0.446 e. The lowest BCUT2D eigenvalue weighted by atomic mass is 10.1. The minimum absolute atomic E-state index is 0.0193. The Kier molecular flexibility index (Phi) is 6.48. The zero-order valence-electron chi connectivity index (χ0n) is 11.6. The van der Waals surface area contributed by atoms with Gasteiger partial charge in [0.1, 0.15) is 0 Å². The van der Waals surface area contributed by atoms with Gasteiger partial charge in [0.05, 0.1) is 19.1 Å². The van der Waals surface area contributed by atoms with Crippen LogP contribution in [-0.4, -0.2) is 32.8 Å². The van der Waals surface area contributed by atoms with Gasteiger partial charge in [-0.2, -0.15) is 13.2 Å². The Morgan fingerprint density at radius 3 is 2.40 bits per heavy atom. The highest BCUT2D eigenvalue weighted by atomic mass is 32.2. The van der Waals surface area contributed by atoms with Crippen LogP contribution in [0.3, 0.4) is 0 Å². The van der Waals surface area contributed by atoms with Crippen molar-refractivity contribution in [1.29, 1.82) is 0 Å². The molecule has 0 heterocycles. The van der Waals surface area contributed by atoms with E-state index in [2.05, 4.69) is 5.32 Å². The maximum absolute atomic E-state index is 12.6. The first-order valence-corrected chi connectivity index (χ1v) is 6.94. The van der Waals surface area contributed by atoms with Crippen LogP contribution >= 0.6 is 11.8 Å². The number of nitrogens with one attached hydrogen (secondary N) is 1. The van der Waals surface area contributed by atoms with Gasteiger partial charge >= 0.3 is 5.51 Å². The van der Waals surface area contributed by atoms with Crippen LogP contribution in [0.25, 0.3) is 0 Å². The largest absolute Gasteiger partial charge is 0.493 e. The Morgan fingerprint density at radius 2 is 1.90 bits per heavy atom. The summed E-state index contributed by atoms with van der Waals surface area (Å²) < 4.78 is 47.9. The standard InChI is InChI=1S/C13H18F3NO2S/c1-4-17-6-5-9-7-10(18-2)12(19-3)11(8-9)20-13(14,15)16/h7-8,17H,4-6H2,1-3H3. The monoisotopic (exact) mass is 309 g/mol. The average molecular weight is 309 g/mol. The van der Waals surface area contributed by atoms with Gasteiger partial charge in [-0.15, -0.1) is 0 Å². The number of thioether (sulfide) groups is 1. The molecule has 1 aromatic carbocycles. The van der Waals surface area contributed by atoms with Crippen LogP contribution in [0.5, 0.6) is 11.5 Å². The van der Waals surface area contributed by atoms with E-state index in [0.29, 0.717) is 18.7 Å². The Balaban J connectivity index is 3.07. The van der Waals surface area contributed by atoms with Crippen LogP contribution in [0.2, 0.25) is 0 Å². The number of ether oxygens (including phenoxy) is 2. The maximum atomic E-state index is 12.6. The SMILES string of the molecule is CCNCCc1cc(OC)c(OC)c(SC(F)(F)F)c1. The Bertz CT molecular complexity index is 438. The first kappa shape index (κ1) is 17.0. The van der Waals surface area contributed by atoms with Crippen molar-refractivity contribution in [3.8, 4) is 11.5 Å². The van der Waals surface area contributed by atoms with Gasteiger partial charge < -0.3 is 14.8 Å². The molecule has 0 saturated carbocycles. The Morgan fingerprint density at radius 1 is 1.20 bits per heavy atom. The summed E-state index contributed by atoms with van der Waals surface area (Å²) in [7, 11) is 2.74. The fraction of sp³-hybridized carbons (Fsp3) is 0.538. The van der Waals surface area contributed by atoms with Gasteiger partial charge in [0.2, 0.25) is 0 Å². The quantitative estimate of drug-likeness (QED) is 0.617. The second-order valence-electron chi connectivity index (χ2n) is 3.98. The number of hydrogen-bond donors (Lipinski definition) is 1. The molecule has 1 rings (SSSR count). The molecule has 0 atom stereocenters. The molecule has 0 spiro atoms. The number of rotatable bonds is 7. The molecule has 0 radical (unpaired) electrons. The topological polar surface area (TPSA) is 30.5 Å². The van der Waals surface area contributed by atoms with Crippen LogP contribution in [0.1, 0.15) is 12.5 Å². The van der Waals surface area contributed by atoms with Crippen LogP contribution in [0, 0.1) is 0 Å². The van der Waals surface area contributed by atoms with E-state index in [1.54, 1.807) is 6.07 Å². The highest BCUT2D eigenvalue weighted by Gasteiger charge is 2.32. The molecule has 0 aliphatic rings. The second kappa shape index (κ2) is 7.64. The predicted octanol–water partition coefficient (Wildman–Crippen LogP) is 3.47. The van der Waals surface area contributed by atoms with Crippen molar-refractivity contribution < 1.29 is 22.6 Å². The van der Waals surface area contributed by atoms with Gasteiger partial charge in [0.25, 0.3) is 0 Å². The van der Waals surface area contributed by atoms with Crippen LogP contribution in [0.4, 0.5) is 13.2 Å². The number of methoxy groups -OCH3 is 2. The van der Waals surface area contributed by atoms with Gasteiger partial charge in [-0.05, 0) is 49.0 Å². The van der Waals surface area contributed by atoms with Gasteiger partial charge in [0, 0.05) is 0 Å². The van der Waals surface area contributed by atoms with Crippen molar-refractivity contribution in [3.63, 3.8) is 0 Å². The molecule has 0 bridgehead atoms. The lowest BCUT2D eigenvalue weighted by Crippen LogP contribution is -2.16. The Labute approximate surface area is 120 Å².